The molecule has 0 aliphatic heterocycles. The van der Waals surface area contributed by atoms with E-state index in [9.17, 15) is 28.9 Å². The molecule has 1 amide bonds. The van der Waals surface area contributed by atoms with Crippen LogP contribution in [0.4, 0.5) is 8.78 Å². The van der Waals surface area contributed by atoms with E-state index in [4.69, 9.17) is 0 Å². The highest BCUT2D eigenvalue weighted by molar-refractivity contribution is 5.73. The lowest BCUT2D eigenvalue weighted by molar-refractivity contribution is -0.120. The summed E-state index contributed by atoms with van der Waals surface area (Å²) in [4.78, 5) is 11.9. The highest BCUT2D eigenvalue weighted by Gasteiger charge is 2.43. The first-order valence-corrected chi connectivity index (χ1v) is 12.8. The Kier molecular flexibility index (Phi) is 9.11. The van der Waals surface area contributed by atoms with Crippen molar-refractivity contribution in [2.45, 2.75) is 88.5 Å². The Morgan fingerprint density at radius 3 is 2.22 bits per heavy atom. The number of aliphatic hydroxyl groups excluding tert-OH is 2. The molecule has 5 N–H and O–H groups in total. The number of halogens is 2. The minimum atomic E-state index is -1.15. The second-order valence-electron chi connectivity index (χ2n) is 11.5. The maximum absolute atomic E-state index is 13.7. The van der Waals surface area contributed by atoms with E-state index in [2.05, 4.69) is 43.5 Å². The summed E-state index contributed by atoms with van der Waals surface area (Å²) in [6.07, 6.45) is 0.813. The number of aliphatic hydroxyl groups is 3. The lowest BCUT2D eigenvalue weighted by Gasteiger charge is -2.45. The van der Waals surface area contributed by atoms with Gasteiger partial charge in [-0.1, -0.05) is 45.0 Å². The average Bonchev–Trinajstić information content (AvgIpc) is 2.82. The van der Waals surface area contributed by atoms with Crippen molar-refractivity contribution >= 4 is 5.91 Å². The Balaban J connectivity index is 1.86. The van der Waals surface area contributed by atoms with Gasteiger partial charge in [-0.25, -0.2) is 8.78 Å². The van der Waals surface area contributed by atoms with Crippen LogP contribution in [0.3, 0.4) is 0 Å². The summed E-state index contributed by atoms with van der Waals surface area (Å²) in [5.41, 5.74) is 0.706. The van der Waals surface area contributed by atoms with Gasteiger partial charge in [0.1, 0.15) is 11.6 Å². The highest BCUT2D eigenvalue weighted by Crippen LogP contribution is 2.42. The van der Waals surface area contributed by atoms with Gasteiger partial charge in [-0.3, -0.25) is 4.79 Å². The van der Waals surface area contributed by atoms with Crippen molar-refractivity contribution in [3.63, 3.8) is 0 Å². The molecule has 2 aromatic rings. The van der Waals surface area contributed by atoms with Gasteiger partial charge in [-0.2, -0.15) is 0 Å². The topological polar surface area (TPSA) is 102 Å². The van der Waals surface area contributed by atoms with Gasteiger partial charge in [0.25, 0.3) is 0 Å². The van der Waals surface area contributed by atoms with Crippen LogP contribution < -0.4 is 10.6 Å². The van der Waals surface area contributed by atoms with Crippen LogP contribution in [-0.4, -0.2) is 52.1 Å². The van der Waals surface area contributed by atoms with Gasteiger partial charge in [-0.15, -0.1) is 0 Å². The zero-order valence-electron chi connectivity index (χ0n) is 22.2. The normalized spacial score (nSPS) is 23.9. The highest BCUT2D eigenvalue weighted by atomic mass is 19.1. The van der Waals surface area contributed by atoms with Crippen LogP contribution in [0.15, 0.2) is 42.5 Å². The van der Waals surface area contributed by atoms with Crippen LogP contribution in [0.2, 0.25) is 0 Å². The third-order valence-electron chi connectivity index (χ3n) is 7.49. The number of carbonyl (C=O) groups excluding carboxylic acids is 1. The minimum absolute atomic E-state index is 0.0495. The van der Waals surface area contributed by atoms with Crippen molar-refractivity contribution in [2.75, 3.05) is 13.2 Å². The summed E-state index contributed by atoms with van der Waals surface area (Å²) < 4.78 is 27.5. The Hall–Kier alpha value is -2.39. The molecule has 0 aromatic heterocycles. The third kappa shape index (κ3) is 7.57. The average molecular weight is 519 g/mol. The van der Waals surface area contributed by atoms with E-state index in [1.54, 1.807) is 0 Å². The fraction of sp³-hybridized carbons (Fsp3) is 0.552. The van der Waals surface area contributed by atoms with E-state index in [0.29, 0.717) is 31.2 Å². The van der Waals surface area contributed by atoms with Crippen molar-refractivity contribution < 1.29 is 28.9 Å². The van der Waals surface area contributed by atoms with E-state index in [1.165, 1.54) is 19.1 Å². The Labute approximate surface area is 218 Å². The molecular formula is C29H40F2N2O4. The minimum Gasteiger partial charge on any atom is -0.393 e. The first-order chi connectivity index (χ1) is 17.2. The molecule has 37 heavy (non-hydrogen) atoms. The molecule has 0 radical (unpaired) electrons. The maximum Gasteiger partial charge on any atom is 0.217 e. The molecule has 1 aliphatic rings. The van der Waals surface area contributed by atoms with Crippen molar-refractivity contribution in [3.8, 4) is 0 Å². The quantitative estimate of drug-likeness (QED) is 0.350. The van der Waals surface area contributed by atoms with Crippen LogP contribution >= 0.6 is 0 Å². The number of amides is 1. The summed E-state index contributed by atoms with van der Waals surface area (Å²) >= 11 is 0. The molecule has 204 valence electrons. The van der Waals surface area contributed by atoms with Crippen molar-refractivity contribution in [1.29, 1.82) is 0 Å². The number of carbonyl (C=O) groups is 1. The van der Waals surface area contributed by atoms with E-state index in [1.807, 2.05) is 12.1 Å². The first kappa shape index (κ1) is 29.2. The largest absolute Gasteiger partial charge is 0.393 e. The molecule has 2 atom stereocenters. The molecule has 0 bridgehead atoms. The predicted octanol–water partition coefficient (Wildman–Crippen LogP) is 3.45. The zero-order chi connectivity index (χ0) is 27.4. The summed E-state index contributed by atoms with van der Waals surface area (Å²) in [6.45, 7) is 7.51. The van der Waals surface area contributed by atoms with Crippen LogP contribution in [-0.2, 0) is 22.2 Å². The van der Waals surface area contributed by atoms with E-state index < -0.39 is 34.9 Å². The van der Waals surface area contributed by atoms with Gasteiger partial charge >= 0.3 is 0 Å². The van der Waals surface area contributed by atoms with Crippen LogP contribution in [0.5, 0.6) is 0 Å². The van der Waals surface area contributed by atoms with Gasteiger partial charge in [-0.05, 0) is 66.3 Å². The third-order valence-corrected chi connectivity index (χ3v) is 7.49. The summed E-state index contributed by atoms with van der Waals surface area (Å²) in [6, 6.07) is 10.6. The van der Waals surface area contributed by atoms with Gasteiger partial charge in [0.05, 0.1) is 24.4 Å². The lowest BCUT2D eigenvalue weighted by atomic mass is 9.70. The molecule has 6 nitrogen and oxygen atoms in total. The number of nitrogens with one attached hydrogen (secondary N) is 2. The van der Waals surface area contributed by atoms with Crippen LogP contribution in [0.1, 0.15) is 70.1 Å². The fourth-order valence-electron chi connectivity index (χ4n) is 5.12. The summed E-state index contributed by atoms with van der Waals surface area (Å²) in [5.74, 6) is -1.81. The predicted molar refractivity (Wildman–Crippen MR) is 139 cm³/mol. The number of hydrogen-bond donors (Lipinski definition) is 5. The molecule has 8 heteroatoms. The van der Waals surface area contributed by atoms with Gasteiger partial charge in [0.2, 0.25) is 5.91 Å². The number of rotatable bonds is 9. The standard InChI is InChI=1S/C29H40F2N2O4/c1-19(35)33-25(14-20-12-23(30)16-24(31)13-20)26(36)17-32-29(10-8-28(37,18-34)9-11-29)22-7-5-6-21(15-22)27(2,3)4/h5-7,12-13,15-16,25-26,32,34,36-37H,8-11,14,17-18H2,1-4H3,(H,33,35)/t25-,26+,28?,29?/m0/s1. The summed E-state index contributed by atoms with van der Waals surface area (Å²) in [7, 11) is 0. The molecule has 2 aromatic carbocycles. The molecule has 0 saturated heterocycles. The van der Waals surface area contributed by atoms with Crippen molar-refractivity contribution in [3.05, 3.63) is 70.8 Å². The molecule has 0 unspecified atom stereocenters. The molecule has 1 saturated carbocycles. The monoisotopic (exact) mass is 518 g/mol. The molecule has 1 aliphatic carbocycles. The molecule has 3 rings (SSSR count). The Morgan fingerprint density at radius 1 is 1.05 bits per heavy atom. The van der Waals surface area contributed by atoms with E-state index in [0.717, 1.165) is 17.2 Å². The number of hydrogen-bond acceptors (Lipinski definition) is 5. The zero-order valence-corrected chi connectivity index (χ0v) is 22.2. The molecular weight excluding hydrogens is 478 g/mol. The maximum atomic E-state index is 13.7. The summed E-state index contributed by atoms with van der Waals surface area (Å²) in [5, 5.41) is 37.7. The van der Waals surface area contributed by atoms with Crippen LogP contribution in [0.25, 0.3) is 0 Å². The van der Waals surface area contributed by atoms with Crippen LogP contribution in [0, 0.1) is 11.6 Å². The van der Waals surface area contributed by atoms with E-state index in [-0.39, 0.29) is 30.9 Å². The van der Waals surface area contributed by atoms with Gasteiger partial charge < -0.3 is 26.0 Å². The van der Waals surface area contributed by atoms with Gasteiger partial charge in [0, 0.05) is 25.1 Å². The molecule has 1 fully saturated rings. The molecule has 0 spiro atoms. The SMILES string of the molecule is CC(=O)N[C@@H](Cc1cc(F)cc(F)c1)[C@H](O)CNC1(c2cccc(C(C)(C)C)c2)CCC(O)(CO)CC1. The Bertz CT molecular complexity index is 1060. The number of benzene rings is 2. The fourth-order valence-corrected chi connectivity index (χ4v) is 5.12. The second kappa shape index (κ2) is 11.6. The lowest BCUT2D eigenvalue weighted by Crippen LogP contribution is -2.55. The van der Waals surface area contributed by atoms with E-state index >= 15 is 0 Å². The Morgan fingerprint density at radius 2 is 1.68 bits per heavy atom. The second-order valence-corrected chi connectivity index (χ2v) is 11.5. The van der Waals surface area contributed by atoms with Crippen molar-refractivity contribution in [1.82, 2.24) is 10.6 Å². The first-order valence-electron chi connectivity index (χ1n) is 12.8. The molecule has 0 heterocycles. The van der Waals surface area contributed by atoms with Crippen molar-refractivity contribution in [2.24, 2.45) is 0 Å². The smallest absolute Gasteiger partial charge is 0.217 e. The van der Waals surface area contributed by atoms with Gasteiger partial charge in [0.15, 0.2) is 0 Å².